The van der Waals surface area contributed by atoms with Gasteiger partial charge in [0.05, 0.1) is 4.47 Å². The molecule has 1 N–H and O–H groups in total. The molecule has 0 aliphatic heterocycles. The second-order valence-electron chi connectivity index (χ2n) is 3.13. The van der Waals surface area contributed by atoms with Crippen LogP contribution in [0.3, 0.4) is 0 Å². The second kappa shape index (κ2) is 10.00. The van der Waals surface area contributed by atoms with E-state index in [1.807, 2.05) is 19.2 Å². The number of allylic oxidation sites excluding steroid dienone is 2. The van der Waals surface area contributed by atoms with Crippen LogP contribution in [0.2, 0.25) is 0 Å². The Hall–Kier alpha value is -1.19. The Balaban J connectivity index is 0.000000302. The summed E-state index contributed by atoms with van der Waals surface area (Å²) < 4.78 is 12.8. The summed E-state index contributed by atoms with van der Waals surface area (Å²) in [6.07, 6.45) is 5.51. The number of nitrogens with one attached hydrogen (secondary N) is 1. The lowest BCUT2D eigenvalue weighted by Gasteiger charge is -1.96. The first kappa shape index (κ1) is 15.8. The van der Waals surface area contributed by atoms with Crippen molar-refractivity contribution in [3.63, 3.8) is 0 Å². The number of rotatable bonds is 4. The molecule has 0 aliphatic carbocycles. The van der Waals surface area contributed by atoms with Crippen molar-refractivity contribution in [3.8, 4) is 0 Å². The highest BCUT2D eigenvalue weighted by molar-refractivity contribution is 9.10. The molecule has 0 spiro atoms. The smallest absolute Gasteiger partial charge is 0.137 e. The maximum Gasteiger partial charge on any atom is 0.137 e. The van der Waals surface area contributed by atoms with Gasteiger partial charge in [-0.1, -0.05) is 43.5 Å². The van der Waals surface area contributed by atoms with E-state index < -0.39 is 0 Å². The standard InChI is InChI=1S/C8H13N.C6H4BrF/c1-4-6-8(5-2)7-9-3;7-5-3-1-2-4-6(5)8/h4-6,9H,1-2,7H2,3H3;1-4H/b8-6+;. The van der Waals surface area contributed by atoms with Gasteiger partial charge in [0.15, 0.2) is 0 Å². The minimum absolute atomic E-state index is 0.215. The summed E-state index contributed by atoms with van der Waals surface area (Å²) in [5, 5.41) is 3.02. The van der Waals surface area contributed by atoms with Gasteiger partial charge in [-0.25, -0.2) is 4.39 Å². The predicted octanol–water partition coefficient (Wildman–Crippen LogP) is 4.09. The first-order chi connectivity index (χ1) is 8.15. The fourth-order valence-electron chi connectivity index (χ4n) is 0.994. The summed E-state index contributed by atoms with van der Waals surface area (Å²) in [7, 11) is 1.90. The minimum atomic E-state index is -0.215. The highest BCUT2D eigenvalue weighted by Crippen LogP contribution is 2.12. The van der Waals surface area contributed by atoms with Gasteiger partial charge in [-0.05, 0) is 40.7 Å². The topological polar surface area (TPSA) is 12.0 Å². The van der Waals surface area contributed by atoms with Crippen molar-refractivity contribution in [3.05, 3.63) is 71.5 Å². The van der Waals surface area contributed by atoms with E-state index in [1.165, 1.54) is 6.07 Å². The SMILES string of the molecule is C=C/C=C(\C=C)CNC.Fc1ccccc1Br. The van der Waals surface area contributed by atoms with Crippen LogP contribution >= 0.6 is 15.9 Å². The average Bonchev–Trinajstić information content (AvgIpc) is 2.33. The molecule has 1 aromatic rings. The molecule has 0 amide bonds. The van der Waals surface area contributed by atoms with Gasteiger partial charge in [0.25, 0.3) is 0 Å². The normalized spacial score (nSPS) is 10.2. The van der Waals surface area contributed by atoms with E-state index in [0.29, 0.717) is 4.47 Å². The van der Waals surface area contributed by atoms with E-state index in [0.717, 1.165) is 12.1 Å². The maximum absolute atomic E-state index is 12.3. The zero-order valence-electron chi connectivity index (χ0n) is 9.92. The number of benzene rings is 1. The Morgan fingerprint density at radius 3 is 2.41 bits per heavy atom. The van der Waals surface area contributed by atoms with E-state index in [4.69, 9.17) is 0 Å². The Kier molecular flexibility index (Phi) is 9.30. The third kappa shape index (κ3) is 7.66. The van der Waals surface area contributed by atoms with Crippen LogP contribution in [0.4, 0.5) is 4.39 Å². The van der Waals surface area contributed by atoms with Gasteiger partial charge in [0.1, 0.15) is 5.82 Å². The number of halogens is 2. The Bertz CT molecular complexity index is 365. The lowest BCUT2D eigenvalue weighted by Crippen LogP contribution is -2.08. The van der Waals surface area contributed by atoms with Crippen molar-refractivity contribution >= 4 is 15.9 Å². The van der Waals surface area contributed by atoms with E-state index >= 15 is 0 Å². The van der Waals surface area contributed by atoms with Crippen LogP contribution in [0.1, 0.15) is 0 Å². The van der Waals surface area contributed by atoms with Gasteiger partial charge in [-0.15, -0.1) is 0 Å². The van der Waals surface area contributed by atoms with E-state index in [9.17, 15) is 4.39 Å². The summed E-state index contributed by atoms with van der Waals surface area (Å²) in [4.78, 5) is 0. The molecule has 1 aromatic carbocycles. The molecule has 0 heterocycles. The molecule has 0 bridgehead atoms. The average molecular weight is 298 g/mol. The van der Waals surface area contributed by atoms with Crippen LogP contribution < -0.4 is 5.32 Å². The van der Waals surface area contributed by atoms with Crippen molar-refractivity contribution < 1.29 is 4.39 Å². The van der Waals surface area contributed by atoms with Crippen molar-refractivity contribution in [2.45, 2.75) is 0 Å². The summed E-state index contributed by atoms with van der Waals surface area (Å²) in [6.45, 7) is 8.08. The monoisotopic (exact) mass is 297 g/mol. The molecule has 0 saturated heterocycles. The first-order valence-electron chi connectivity index (χ1n) is 5.14. The van der Waals surface area contributed by atoms with Crippen molar-refractivity contribution in [1.82, 2.24) is 5.32 Å². The zero-order chi connectivity index (χ0) is 13.1. The van der Waals surface area contributed by atoms with Crippen LogP contribution in [0.5, 0.6) is 0 Å². The Morgan fingerprint density at radius 1 is 1.41 bits per heavy atom. The molecule has 0 saturated carbocycles. The Morgan fingerprint density at radius 2 is 2.06 bits per heavy atom. The van der Waals surface area contributed by atoms with Crippen LogP contribution in [-0.2, 0) is 0 Å². The van der Waals surface area contributed by atoms with Crippen LogP contribution in [0.25, 0.3) is 0 Å². The molecule has 0 atom stereocenters. The largest absolute Gasteiger partial charge is 0.316 e. The van der Waals surface area contributed by atoms with Crippen molar-refractivity contribution in [1.29, 1.82) is 0 Å². The van der Waals surface area contributed by atoms with Crippen LogP contribution in [0, 0.1) is 5.82 Å². The molecule has 0 radical (unpaired) electrons. The molecule has 1 nitrogen and oxygen atoms in total. The van der Waals surface area contributed by atoms with Crippen molar-refractivity contribution in [2.75, 3.05) is 13.6 Å². The number of likely N-dealkylation sites (N-methyl/N-ethyl adjacent to an activating group) is 1. The number of hydrogen-bond donors (Lipinski definition) is 1. The lowest BCUT2D eigenvalue weighted by molar-refractivity contribution is 0.621. The predicted molar refractivity (Wildman–Crippen MR) is 76.5 cm³/mol. The fraction of sp³-hybridized carbons (Fsp3) is 0.143. The number of hydrogen-bond acceptors (Lipinski definition) is 1. The zero-order valence-corrected chi connectivity index (χ0v) is 11.5. The molecule has 3 heteroatoms. The Labute approximate surface area is 111 Å². The first-order valence-corrected chi connectivity index (χ1v) is 5.93. The highest BCUT2D eigenvalue weighted by Gasteiger charge is 1.90. The molecule has 0 aliphatic rings. The fourth-order valence-corrected chi connectivity index (χ4v) is 1.28. The second-order valence-corrected chi connectivity index (χ2v) is 3.98. The van der Waals surface area contributed by atoms with E-state index in [1.54, 1.807) is 24.3 Å². The maximum atomic E-state index is 12.3. The van der Waals surface area contributed by atoms with E-state index in [-0.39, 0.29) is 5.82 Å². The van der Waals surface area contributed by atoms with Gasteiger partial charge in [0.2, 0.25) is 0 Å². The molecule has 0 aromatic heterocycles. The van der Waals surface area contributed by atoms with Gasteiger partial charge < -0.3 is 5.32 Å². The van der Waals surface area contributed by atoms with E-state index in [2.05, 4.69) is 34.4 Å². The minimum Gasteiger partial charge on any atom is -0.316 e. The van der Waals surface area contributed by atoms with Crippen LogP contribution in [0.15, 0.2) is 65.7 Å². The van der Waals surface area contributed by atoms with Gasteiger partial charge >= 0.3 is 0 Å². The third-order valence-electron chi connectivity index (χ3n) is 1.80. The molecular weight excluding hydrogens is 281 g/mol. The molecule has 17 heavy (non-hydrogen) atoms. The van der Waals surface area contributed by atoms with Gasteiger partial charge in [-0.3, -0.25) is 0 Å². The summed E-state index contributed by atoms with van der Waals surface area (Å²) in [5.41, 5.74) is 1.16. The molecule has 92 valence electrons. The summed E-state index contributed by atoms with van der Waals surface area (Å²) >= 11 is 3.02. The van der Waals surface area contributed by atoms with Crippen molar-refractivity contribution in [2.24, 2.45) is 0 Å². The molecule has 1 rings (SSSR count). The summed E-state index contributed by atoms with van der Waals surface area (Å²) in [6, 6.07) is 6.49. The van der Waals surface area contributed by atoms with Gasteiger partial charge in [0, 0.05) is 6.54 Å². The quantitative estimate of drug-likeness (QED) is 0.825. The summed E-state index contributed by atoms with van der Waals surface area (Å²) in [5.74, 6) is -0.215. The van der Waals surface area contributed by atoms with Crippen LogP contribution in [-0.4, -0.2) is 13.6 Å². The third-order valence-corrected chi connectivity index (χ3v) is 2.44. The highest BCUT2D eigenvalue weighted by atomic mass is 79.9. The molecule has 0 unspecified atom stereocenters. The van der Waals surface area contributed by atoms with Gasteiger partial charge in [-0.2, -0.15) is 0 Å². The molecular formula is C14H17BrFN. The lowest BCUT2D eigenvalue weighted by atomic mass is 10.2. The molecule has 0 fully saturated rings.